The van der Waals surface area contributed by atoms with Gasteiger partial charge in [-0.05, 0) is 42.5 Å². The van der Waals surface area contributed by atoms with Gasteiger partial charge in [-0.15, -0.1) is 10.2 Å². The third-order valence-electron chi connectivity index (χ3n) is 4.92. The molecule has 0 aliphatic carbocycles. The number of para-hydroxylation sites is 1. The van der Waals surface area contributed by atoms with Gasteiger partial charge in [-0.1, -0.05) is 43.8 Å². The van der Waals surface area contributed by atoms with Gasteiger partial charge in [0.15, 0.2) is 5.69 Å². The predicted octanol–water partition coefficient (Wildman–Crippen LogP) is 4.88. The maximum atomic E-state index is 13.3. The summed E-state index contributed by atoms with van der Waals surface area (Å²) in [7, 11) is 1.62. The highest BCUT2D eigenvalue weighted by molar-refractivity contribution is 7.99. The molecule has 1 aliphatic heterocycles. The van der Waals surface area contributed by atoms with Crippen LogP contribution in [-0.2, 0) is 4.79 Å². The molecule has 0 radical (unpaired) electrons. The number of anilines is 1. The minimum absolute atomic E-state index is 0.0281. The van der Waals surface area contributed by atoms with Gasteiger partial charge in [0.05, 0.1) is 12.8 Å². The van der Waals surface area contributed by atoms with E-state index in [1.165, 1.54) is 11.8 Å². The summed E-state index contributed by atoms with van der Waals surface area (Å²) in [6.45, 7) is 4.02. The first-order valence-corrected chi connectivity index (χ1v) is 11.2. The van der Waals surface area contributed by atoms with E-state index in [0.29, 0.717) is 23.2 Å². The molecule has 3 aromatic rings. The molecule has 0 N–H and O–H groups in total. The fourth-order valence-corrected chi connectivity index (χ4v) is 4.00. The molecule has 1 atom stereocenters. The first kappa shape index (κ1) is 21.1. The maximum Gasteiger partial charge on any atom is 0.247 e. The minimum atomic E-state index is -0.691. The molecule has 0 bridgehead atoms. The van der Waals surface area contributed by atoms with Gasteiger partial charge in [-0.2, -0.15) is 4.98 Å². The van der Waals surface area contributed by atoms with Crippen molar-refractivity contribution in [3.63, 3.8) is 0 Å². The number of hydrogen-bond acceptors (Lipinski definition) is 7. The van der Waals surface area contributed by atoms with Gasteiger partial charge in [0.25, 0.3) is 0 Å². The van der Waals surface area contributed by atoms with Crippen molar-refractivity contribution in [2.24, 2.45) is 0 Å². The monoisotopic (exact) mass is 436 g/mol. The van der Waals surface area contributed by atoms with E-state index in [1.54, 1.807) is 12.0 Å². The molecule has 1 unspecified atom stereocenters. The van der Waals surface area contributed by atoms with Gasteiger partial charge in [0, 0.05) is 17.5 Å². The quantitative estimate of drug-likeness (QED) is 0.510. The third-order valence-corrected chi connectivity index (χ3v) is 5.64. The van der Waals surface area contributed by atoms with Gasteiger partial charge in [-0.25, -0.2) is 0 Å². The Hall–Kier alpha value is -3.13. The largest absolute Gasteiger partial charge is 0.497 e. The van der Waals surface area contributed by atoms with Crippen LogP contribution in [0.5, 0.6) is 11.6 Å². The first-order valence-electron chi connectivity index (χ1n) is 10.3. The Bertz CT molecular complexity index is 1070. The van der Waals surface area contributed by atoms with E-state index < -0.39 is 6.23 Å². The highest BCUT2D eigenvalue weighted by Crippen LogP contribution is 2.43. The van der Waals surface area contributed by atoms with Crippen molar-refractivity contribution in [1.82, 2.24) is 15.2 Å². The lowest BCUT2D eigenvalue weighted by molar-refractivity contribution is -0.120. The Labute approximate surface area is 185 Å². The topological polar surface area (TPSA) is 77.4 Å². The molecule has 0 spiro atoms. The van der Waals surface area contributed by atoms with Crippen LogP contribution in [0.4, 0.5) is 5.69 Å². The maximum absolute atomic E-state index is 13.3. The predicted molar refractivity (Wildman–Crippen MR) is 120 cm³/mol. The van der Waals surface area contributed by atoms with Crippen LogP contribution in [0.2, 0.25) is 0 Å². The molecule has 31 heavy (non-hydrogen) atoms. The summed E-state index contributed by atoms with van der Waals surface area (Å²) in [5, 5.41) is 9.21. The van der Waals surface area contributed by atoms with Crippen molar-refractivity contribution in [2.75, 3.05) is 17.8 Å². The molecule has 8 heteroatoms. The van der Waals surface area contributed by atoms with Gasteiger partial charge in [0.1, 0.15) is 5.75 Å². The van der Waals surface area contributed by atoms with Gasteiger partial charge in [-0.3, -0.25) is 9.69 Å². The van der Waals surface area contributed by atoms with E-state index in [9.17, 15) is 4.79 Å². The van der Waals surface area contributed by atoms with Crippen LogP contribution in [0.1, 0.15) is 38.5 Å². The van der Waals surface area contributed by atoms with Crippen molar-refractivity contribution >= 4 is 23.4 Å². The van der Waals surface area contributed by atoms with Crippen LogP contribution in [0.25, 0.3) is 11.3 Å². The average molecular weight is 437 g/mol. The molecule has 4 rings (SSSR count). The smallest absolute Gasteiger partial charge is 0.247 e. The van der Waals surface area contributed by atoms with Gasteiger partial charge < -0.3 is 9.47 Å². The Morgan fingerprint density at radius 3 is 2.61 bits per heavy atom. The van der Waals surface area contributed by atoms with Crippen molar-refractivity contribution in [1.29, 1.82) is 0 Å². The van der Waals surface area contributed by atoms with E-state index in [4.69, 9.17) is 9.47 Å². The number of hydrogen-bond donors (Lipinski definition) is 0. The Balaban J connectivity index is 1.91. The second kappa shape index (κ2) is 9.34. The van der Waals surface area contributed by atoms with Crippen molar-refractivity contribution in [3.8, 4) is 22.9 Å². The molecule has 0 fully saturated rings. The highest BCUT2D eigenvalue weighted by atomic mass is 32.2. The SMILES string of the molecule is CCCC(=O)N1c2ccccc2-c2nnc(SCC)nc2OC1c1ccc(OC)cc1. The number of carbonyl (C=O) groups is 1. The molecule has 160 valence electrons. The zero-order valence-corrected chi connectivity index (χ0v) is 18.6. The minimum Gasteiger partial charge on any atom is -0.497 e. The summed E-state index contributed by atoms with van der Waals surface area (Å²) in [4.78, 5) is 19.6. The molecule has 0 saturated heterocycles. The summed E-state index contributed by atoms with van der Waals surface area (Å²) in [6, 6.07) is 15.2. The normalized spacial score (nSPS) is 14.8. The van der Waals surface area contributed by atoms with Gasteiger partial charge in [0.2, 0.25) is 23.2 Å². The summed E-state index contributed by atoms with van der Waals surface area (Å²) < 4.78 is 11.7. The van der Waals surface area contributed by atoms with Gasteiger partial charge >= 0.3 is 0 Å². The second-order valence-electron chi connectivity index (χ2n) is 6.96. The van der Waals surface area contributed by atoms with E-state index in [1.807, 2.05) is 62.4 Å². The van der Waals surface area contributed by atoms with E-state index in [-0.39, 0.29) is 5.91 Å². The second-order valence-corrected chi connectivity index (χ2v) is 8.19. The number of carbonyl (C=O) groups excluding carboxylic acids is 1. The molecule has 2 aromatic carbocycles. The Morgan fingerprint density at radius 1 is 1.13 bits per heavy atom. The van der Waals surface area contributed by atoms with Crippen LogP contribution >= 0.6 is 11.8 Å². The first-order chi connectivity index (χ1) is 15.2. The number of thioether (sulfide) groups is 1. The highest BCUT2D eigenvalue weighted by Gasteiger charge is 2.35. The van der Waals surface area contributed by atoms with Crippen molar-refractivity contribution in [2.45, 2.75) is 38.1 Å². The molecular weight excluding hydrogens is 412 g/mol. The fraction of sp³-hybridized carbons (Fsp3) is 0.304. The zero-order valence-electron chi connectivity index (χ0n) is 17.7. The molecule has 2 heterocycles. The van der Waals surface area contributed by atoms with Crippen LogP contribution in [0.15, 0.2) is 53.7 Å². The number of fused-ring (bicyclic) bond motifs is 3. The zero-order chi connectivity index (χ0) is 21.8. The molecule has 1 aliphatic rings. The number of ether oxygens (including phenoxy) is 2. The lowest BCUT2D eigenvalue weighted by Crippen LogP contribution is -2.37. The lowest BCUT2D eigenvalue weighted by atomic mass is 10.1. The summed E-state index contributed by atoms with van der Waals surface area (Å²) in [6.07, 6.45) is 0.440. The number of methoxy groups -OCH3 is 1. The molecular formula is C23H24N4O3S. The van der Waals surface area contributed by atoms with Crippen LogP contribution in [0, 0.1) is 0 Å². The number of aromatic nitrogens is 3. The number of nitrogens with zero attached hydrogens (tertiary/aromatic N) is 4. The van der Waals surface area contributed by atoms with E-state index in [0.717, 1.165) is 34.7 Å². The summed E-state index contributed by atoms with van der Waals surface area (Å²) >= 11 is 1.49. The van der Waals surface area contributed by atoms with Crippen molar-refractivity contribution in [3.05, 3.63) is 54.1 Å². The number of benzene rings is 2. The summed E-state index contributed by atoms with van der Waals surface area (Å²) in [5.41, 5.74) is 2.84. The molecule has 1 aromatic heterocycles. The Morgan fingerprint density at radius 2 is 1.90 bits per heavy atom. The lowest BCUT2D eigenvalue weighted by Gasteiger charge is -2.31. The number of rotatable bonds is 6. The average Bonchev–Trinajstić information content (AvgIpc) is 2.94. The van der Waals surface area contributed by atoms with Crippen LogP contribution in [0.3, 0.4) is 0 Å². The van der Waals surface area contributed by atoms with E-state index >= 15 is 0 Å². The van der Waals surface area contributed by atoms with Crippen LogP contribution in [-0.4, -0.2) is 34.0 Å². The third kappa shape index (κ3) is 4.20. The Kier molecular flexibility index (Phi) is 6.36. The molecule has 1 amide bonds. The summed E-state index contributed by atoms with van der Waals surface area (Å²) in [5.74, 6) is 1.89. The van der Waals surface area contributed by atoms with Crippen molar-refractivity contribution < 1.29 is 14.3 Å². The molecule has 7 nitrogen and oxygen atoms in total. The van der Waals surface area contributed by atoms with E-state index in [2.05, 4.69) is 15.2 Å². The van der Waals surface area contributed by atoms with Crippen LogP contribution < -0.4 is 14.4 Å². The molecule has 0 saturated carbocycles. The fourth-order valence-electron chi connectivity index (χ4n) is 3.49. The standard InChI is InChI=1S/C23H24N4O3S/c1-4-8-19(28)27-18-10-7-6-9-17(18)20-21(24-23(26-25-20)31-5-2)30-22(27)15-11-13-16(29-3)14-12-15/h6-7,9-14,22H,4-5,8H2,1-3H3. The number of amides is 1.